The lowest BCUT2D eigenvalue weighted by Gasteiger charge is -2.11. The van der Waals surface area contributed by atoms with Gasteiger partial charge in [0.2, 0.25) is 0 Å². The highest BCUT2D eigenvalue weighted by molar-refractivity contribution is 5.70. The van der Waals surface area contributed by atoms with Gasteiger partial charge in [-0.15, -0.1) is 0 Å². The maximum absolute atomic E-state index is 11.1. The Kier molecular flexibility index (Phi) is 4.80. The van der Waals surface area contributed by atoms with Crippen molar-refractivity contribution in [1.29, 1.82) is 0 Å². The Bertz CT molecular complexity index is 817. The number of rotatable bonds is 5. The number of ether oxygens (including phenoxy) is 1. The molecule has 0 N–H and O–H groups in total. The summed E-state index contributed by atoms with van der Waals surface area (Å²) in [4.78, 5) is 11.1. The molecular weight excluding hydrogens is 298 g/mol. The maximum Gasteiger partial charge on any atom is 0.308 e. The van der Waals surface area contributed by atoms with Gasteiger partial charge < -0.3 is 9.30 Å². The van der Waals surface area contributed by atoms with Crippen LogP contribution in [0.15, 0.2) is 66.9 Å². The van der Waals surface area contributed by atoms with Crippen molar-refractivity contribution in [1.82, 2.24) is 4.57 Å². The molecule has 3 nitrogen and oxygen atoms in total. The van der Waals surface area contributed by atoms with Crippen LogP contribution in [0.5, 0.6) is 5.75 Å². The number of esters is 1. The van der Waals surface area contributed by atoms with Gasteiger partial charge >= 0.3 is 5.97 Å². The number of carbonyl (C=O) groups excluding carboxylic acids is 1. The van der Waals surface area contributed by atoms with Gasteiger partial charge in [0.15, 0.2) is 0 Å². The van der Waals surface area contributed by atoms with E-state index in [0.29, 0.717) is 5.75 Å². The first-order valence-electron chi connectivity index (χ1n) is 8.18. The van der Waals surface area contributed by atoms with E-state index in [1.165, 1.54) is 23.7 Å². The average molecular weight is 319 g/mol. The summed E-state index contributed by atoms with van der Waals surface area (Å²) in [5.41, 5.74) is 4.94. The van der Waals surface area contributed by atoms with E-state index in [2.05, 4.69) is 48.0 Å². The average Bonchev–Trinajstić information content (AvgIpc) is 2.98. The molecule has 0 bridgehead atoms. The lowest BCUT2D eigenvalue weighted by atomic mass is 10.0. The van der Waals surface area contributed by atoms with Crippen LogP contribution in [0.2, 0.25) is 0 Å². The largest absolute Gasteiger partial charge is 0.427 e. The van der Waals surface area contributed by atoms with Crippen molar-refractivity contribution in [3.8, 4) is 17.0 Å². The normalized spacial score (nSPS) is 10.6. The topological polar surface area (TPSA) is 31.2 Å². The summed E-state index contributed by atoms with van der Waals surface area (Å²) in [6, 6.07) is 20.4. The Hall–Kier alpha value is -2.81. The first-order chi connectivity index (χ1) is 11.7. The number of hydrogen-bond acceptors (Lipinski definition) is 2. The Morgan fingerprint density at radius 3 is 2.33 bits per heavy atom. The monoisotopic (exact) mass is 319 g/mol. The van der Waals surface area contributed by atoms with Crippen molar-refractivity contribution < 1.29 is 9.53 Å². The molecule has 2 aromatic carbocycles. The highest BCUT2D eigenvalue weighted by Gasteiger charge is 2.12. The summed E-state index contributed by atoms with van der Waals surface area (Å²) in [5.74, 6) is 0.273. The van der Waals surface area contributed by atoms with Gasteiger partial charge in [-0.05, 0) is 60.4 Å². The molecule has 3 aromatic rings. The standard InChI is InChI=1S/C21H21NO2/c1-3-22-14-13-19(15-17-7-5-4-6-8-17)21(22)18-9-11-20(12-10-18)24-16(2)23/h4-14H,3,15H2,1-2H3. The van der Waals surface area contributed by atoms with Crippen LogP contribution in [0.1, 0.15) is 25.0 Å². The summed E-state index contributed by atoms with van der Waals surface area (Å²) in [7, 11) is 0. The second kappa shape index (κ2) is 7.18. The molecule has 0 aliphatic heterocycles. The van der Waals surface area contributed by atoms with Crippen molar-refractivity contribution in [2.24, 2.45) is 0 Å². The molecular formula is C21H21NO2. The van der Waals surface area contributed by atoms with Crippen LogP contribution in [0.3, 0.4) is 0 Å². The SMILES string of the molecule is CCn1ccc(Cc2ccccc2)c1-c1ccc(OC(C)=O)cc1. The number of carbonyl (C=O) groups is 1. The van der Waals surface area contributed by atoms with Crippen LogP contribution in [0, 0.1) is 0 Å². The number of aryl methyl sites for hydroxylation is 1. The summed E-state index contributed by atoms with van der Waals surface area (Å²) >= 11 is 0. The molecule has 3 heteroatoms. The van der Waals surface area contributed by atoms with E-state index in [0.717, 1.165) is 18.5 Å². The van der Waals surface area contributed by atoms with E-state index in [1.54, 1.807) is 0 Å². The van der Waals surface area contributed by atoms with Gasteiger partial charge in [0.25, 0.3) is 0 Å². The number of benzene rings is 2. The second-order valence-corrected chi connectivity index (χ2v) is 5.76. The molecule has 0 radical (unpaired) electrons. The Balaban J connectivity index is 1.94. The zero-order chi connectivity index (χ0) is 16.9. The lowest BCUT2D eigenvalue weighted by molar-refractivity contribution is -0.131. The third kappa shape index (κ3) is 3.57. The Morgan fingerprint density at radius 2 is 1.71 bits per heavy atom. The van der Waals surface area contributed by atoms with E-state index in [-0.39, 0.29) is 5.97 Å². The van der Waals surface area contributed by atoms with E-state index in [9.17, 15) is 4.79 Å². The quantitative estimate of drug-likeness (QED) is 0.504. The van der Waals surface area contributed by atoms with Crippen molar-refractivity contribution >= 4 is 5.97 Å². The fourth-order valence-corrected chi connectivity index (χ4v) is 2.94. The van der Waals surface area contributed by atoms with Crippen LogP contribution in [-0.2, 0) is 17.8 Å². The van der Waals surface area contributed by atoms with Crippen molar-refractivity contribution in [3.05, 3.63) is 78.0 Å². The molecule has 0 saturated carbocycles. The van der Waals surface area contributed by atoms with Gasteiger partial charge in [0.05, 0.1) is 5.69 Å². The molecule has 1 aromatic heterocycles. The first kappa shape index (κ1) is 16.1. The Labute approximate surface area is 142 Å². The summed E-state index contributed by atoms with van der Waals surface area (Å²) in [6.45, 7) is 4.47. The van der Waals surface area contributed by atoms with Gasteiger partial charge in [0, 0.05) is 19.7 Å². The van der Waals surface area contributed by atoms with Gasteiger partial charge in [-0.3, -0.25) is 4.79 Å². The predicted molar refractivity (Wildman–Crippen MR) is 96.1 cm³/mol. The predicted octanol–water partition coefficient (Wildman–Crippen LogP) is 4.69. The summed E-state index contributed by atoms with van der Waals surface area (Å²) in [6.07, 6.45) is 3.03. The van der Waals surface area contributed by atoms with Crippen molar-refractivity contribution in [2.75, 3.05) is 0 Å². The summed E-state index contributed by atoms with van der Waals surface area (Å²) in [5, 5.41) is 0. The molecule has 0 saturated heterocycles. The van der Waals surface area contributed by atoms with Gasteiger partial charge in [0.1, 0.15) is 5.75 Å². The van der Waals surface area contributed by atoms with Crippen LogP contribution in [0.25, 0.3) is 11.3 Å². The minimum absolute atomic E-state index is 0.301. The second-order valence-electron chi connectivity index (χ2n) is 5.76. The Morgan fingerprint density at radius 1 is 1.00 bits per heavy atom. The highest BCUT2D eigenvalue weighted by atomic mass is 16.5. The minimum Gasteiger partial charge on any atom is -0.427 e. The smallest absolute Gasteiger partial charge is 0.308 e. The maximum atomic E-state index is 11.1. The van der Waals surface area contributed by atoms with E-state index >= 15 is 0 Å². The molecule has 0 aliphatic carbocycles. The zero-order valence-corrected chi connectivity index (χ0v) is 14.0. The lowest BCUT2D eigenvalue weighted by Crippen LogP contribution is -2.01. The van der Waals surface area contributed by atoms with Gasteiger partial charge in [-0.2, -0.15) is 0 Å². The third-order valence-electron chi connectivity index (χ3n) is 4.01. The minimum atomic E-state index is -0.301. The molecule has 0 unspecified atom stereocenters. The molecule has 0 spiro atoms. The van der Waals surface area contributed by atoms with Gasteiger partial charge in [-0.1, -0.05) is 30.3 Å². The van der Waals surface area contributed by atoms with E-state index in [1.807, 2.05) is 30.3 Å². The molecule has 0 aliphatic rings. The third-order valence-corrected chi connectivity index (χ3v) is 4.01. The van der Waals surface area contributed by atoms with E-state index in [4.69, 9.17) is 4.74 Å². The molecule has 3 rings (SSSR count). The molecule has 0 atom stereocenters. The molecule has 0 fully saturated rings. The first-order valence-corrected chi connectivity index (χ1v) is 8.18. The fourth-order valence-electron chi connectivity index (χ4n) is 2.94. The summed E-state index contributed by atoms with van der Waals surface area (Å²) < 4.78 is 7.37. The fraction of sp³-hybridized carbons (Fsp3) is 0.190. The number of hydrogen-bond donors (Lipinski definition) is 0. The molecule has 24 heavy (non-hydrogen) atoms. The van der Waals surface area contributed by atoms with Crippen LogP contribution >= 0.6 is 0 Å². The van der Waals surface area contributed by atoms with Gasteiger partial charge in [-0.25, -0.2) is 0 Å². The highest BCUT2D eigenvalue weighted by Crippen LogP contribution is 2.29. The number of aromatic nitrogens is 1. The van der Waals surface area contributed by atoms with Crippen LogP contribution in [0.4, 0.5) is 0 Å². The van der Waals surface area contributed by atoms with E-state index < -0.39 is 0 Å². The van der Waals surface area contributed by atoms with Crippen molar-refractivity contribution in [3.63, 3.8) is 0 Å². The molecule has 1 heterocycles. The van der Waals surface area contributed by atoms with Crippen molar-refractivity contribution in [2.45, 2.75) is 26.8 Å². The van der Waals surface area contributed by atoms with Crippen LogP contribution in [-0.4, -0.2) is 10.5 Å². The van der Waals surface area contributed by atoms with Crippen LogP contribution < -0.4 is 4.74 Å². The molecule has 122 valence electrons. The molecule has 0 amide bonds. The zero-order valence-electron chi connectivity index (χ0n) is 14.0. The number of nitrogens with zero attached hydrogens (tertiary/aromatic N) is 1.